The van der Waals surface area contributed by atoms with Gasteiger partial charge in [-0.15, -0.1) is 10.2 Å². The van der Waals surface area contributed by atoms with Crippen LogP contribution < -0.4 is 5.32 Å². The van der Waals surface area contributed by atoms with Crippen LogP contribution >= 0.6 is 11.3 Å². The van der Waals surface area contributed by atoms with Gasteiger partial charge in [0.25, 0.3) is 5.91 Å². The van der Waals surface area contributed by atoms with Gasteiger partial charge in [-0.25, -0.2) is 0 Å². The molecule has 0 unspecified atom stereocenters. The summed E-state index contributed by atoms with van der Waals surface area (Å²) in [6, 6.07) is 11.9. The van der Waals surface area contributed by atoms with E-state index in [0.717, 1.165) is 22.1 Å². The lowest BCUT2D eigenvalue weighted by Gasteiger charge is -2.12. The zero-order chi connectivity index (χ0) is 18.2. The predicted molar refractivity (Wildman–Crippen MR) is 102 cm³/mol. The molecule has 1 N–H and O–H groups in total. The van der Waals surface area contributed by atoms with E-state index in [1.807, 2.05) is 50.2 Å². The molecule has 6 heteroatoms. The molecule has 0 aliphatic heterocycles. The second-order valence-electron chi connectivity index (χ2n) is 7.07. The lowest BCUT2D eigenvalue weighted by Crippen LogP contribution is -2.13. The number of carbonyl (C=O) groups excluding carboxylic acids is 1. The van der Waals surface area contributed by atoms with E-state index in [-0.39, 0.29) is 11.3 Å². The summed E-state index contributed by atoms with van der Waals surface area (Å²) in [7, 11) is 0. The van der Waals surface area contributed by atoms with E-state index in [0.29, 0.717) is 10.7 Å². The molecule has 1 aromatic carbocycles. The molecule has 0 atom stereocenters. The molecule has 0 saturated heterocycles. The van der Waals surface area contributed by atoms with E-state index in [2.05, 4.69) is 40.9 Å². The van der Waals surface area contributed by atoms with E-state index < -0.39 is 0 Å². The molecule has 2 aromatic heterocycles. The van der Waals surface area contributed by atoms with Crippen LogP contribution in [0, 0.1) is 13.8 Å². The molecular formula is C19H22N4OS. The zero-order valence-electron chi connectivity index (χ0n) is 15.1. The topological polar surface area (TPSA) is 59.8 Å². The molecule has 0 spiro atoms. The van der Waals surface area contributed by atoms with Gasteiger partial charge in [-0.05, 0) is 32.0 Å². The largest absolute Gasteiger partial charge is 0.318 e. The first kappa shape index (κ1) is 17.4. The number of anilines is 1. The fourth-order valence-corrected chi connectivity index (χ4v) is 3.50. The van der Waals surface area contributed by atoms with Crippen molar-refractivity contribution in [2.75, 3.05) is 5.32 Å². The van der Waals surface area contributed by atoms with Gasteiger partial charge in [0.1, 0.15) is 5.01 Å². The van der Waals surface area contributed by atoms with Gasteiger partial charge in [0.2, 0.25) is 5.13 Å². The minimum Gasteiger partial charge on any atom is -0.318 e. The maximum atomic E-state index is 12.7. The Balaban J connectivity index is 1.87. The van der Waals surface area contributed by atoms with Crippen molar-refractivity contribution in [1.82, 2.24) is 14.8 Å². The molecule has 130 valence electrons. The summed E-state index contributed by atoms with van der Waals surface area (Å²) in [6.07, 6.45) is 0. The molecule has 0 bridgehead atoms. The summed E-state index contributed by atoms with van der Waals surface area (Å²) in [5.74, 6) is -0.160. The lowest BCUT2D eigenvalue weighted by atomic mass is 9.98. The van der Waals surface area contributed by atoms with Crippen molar-refractivity contribution >= 4 is 22.4 Å². The van der Waals surface area contributed by atoms with Crippen LogP contribution in [-0.4, -0.2) is 20.7 Å². The molecule has 0 radical (unpaired) electrons. The van der Waals surface area contributed by atoms with Crippen molar-refractivity contribution in [2.45, 2.75) is 40.0 Å². The lowest BCUT2D eigenvalue weighted by molar-refractivity contribution is 0.102. The average molecular weight is 354 g/mol. The van der Waals surface area contributed by atoms with Gasteiger partial charge in [0, 0.05) is 22.5 Å². The Bertz CT molecular complexity index is 903. The van der Waals surface area contributed by atoms with Crippen LogP contribution in [-0.2, 0) is 5.41 Å². The number of aryl methyl sites for hydroxylation is 1. The number of nitrogens with zero attached hydrogens (tertiary/aromatic N) is 3. The first-order valence-electron chi connectivity index (χ1n) is 8.17. The number of para-hydroxylation sites is 1. The van der Waals surface area contributed by atoms with Crippen molar-refractivity contribution in [3.63, 3.8) is 0 Å². The first-order chi connectivity index (χ1) is 11.8. The Morgan fingerprint density at radius 3 is 2.40 bits per heavy atom. The fraction of sp³-hybridized carbons (Fsp3) is 0.316. The quantitative estimate of drug-likeness (QED) is 0.753. The summed E-state index contributed by atoms with van der Waals surface area (Å²) < 4.78 is 2.08. The monoisotopic (exact) mass is 354 g/mol. The van der Waals surface area contributed by atoms with Crippen molar-refractivity contribution < 1.29 is 4.79 Å². The molecular weight excluding hydrogens is 332 g/mol. The third-order valence-corrected chi connectivity index (χ3v) is 5.24. The SMILES string of the molecule is Cc1cc(C(=O)Nc2nnc(C(C)(C)C)s2)c(C)n1-c1ccccc1. The van der Waals surface area contributed by atoms with Crippen molar-refractivity contribution in [2.24, 2.45) is 0 Å². The molecule has 0 saturated carbocycles. The van der Waals surface area contributed by atoms with Crippen LogP contribution in [0.2, 0.25) is 0 Å². The predicted octanol–water partition coefficient (Wildman–Crippen LogP) is 4.50. The van der Waals surface area contributed by atoms with Gasteiger partial charge in [0.15, 0.2) is 0 Å². The molecule has 3 aromatic rings. The highest BCUT2D eigenvalue weighted by Gasteiger charge is 2.22. The normalized spacial score (nSPS) is 11.6. The van der Waals surface area contributed by atoms with E-state index in [4.69, 9.17) is 0 Å². The Kier molecular flexibility index (Phi) is 4.47. The smallest absolute Gasteiger partial charge is 0.259 e. The summed E-state index contributed by atoms with van der Waals surface area (Å²) >= 11 is 1.42. The van der Waals surface area contributed by atoms with Crippen molar-refractivity contribution in [3.05, 3.63) is 58.4 Å². The number of carbonyl (C=O) groups is 1. The summed E-state index contributed by atoms with van der Waals surface area (Å²) in [6.45, 7) is 10.2. The Morgan fingerprint density at radius 2 is 1.80 bits per heavy atom. The van der Waals surface area contributed by atoms with E-state index in [1.54, 1.807) is 0 Å². The van der Waals surface area contributed by atoms with Crippen molar-refractivity contribution in [1.29, 1.82) is 0 Å². The Labute approximate surface area is 151 Å². The van der Waals surface area contributed by atoms with Gasteiger partial charge in [-0.1, -0.05) is 50.3 Å². The van der Waals surface area contributed by atoms with Gasteiger partial charge in [-0.3, -0.25) is 10.1 Å². The zero-order valence-corrected chi connectivity index (χ0v) is 15.9. The second kappa shape index (κ2) is 6.44. The minimum atomic E-state index is -0.160. The number of aromatic nitrogens is 3. The van der Waals surface area contributed by atoms with Gasteiger partial charge >= 0.3 is 0 Å². The molecule has 2 heterocycles. The van der Waals surface area contributed by atoms with Gasteiger partial charge in [0.05, 0.1) is 5.56 Å². The van der Waals surface area contributed by atoms with Crippen LogP contribution in [0.3, 0.4) is 0 Å². The minimum absolute atomic E-state index is 0.0796. The van der Waals surface area contributed by atoms with Crippen LogP contribution in [0.1, 0.15) is 47.5 Å². The molecule has 1 amide bonds. The first-order valence-corrected chi connectivity index (χ1v) is 8.98. The van der Waals surface area contributed by atoms with E-state index in [1.165, 1.54) is 11.3 Å². The molecule has 0 aliphatic rings. The number of hydrogen-bond acceptors (Lipinski definition) is 4. The van der Waals surface area contributed by atoms with E-state index in [9.17, 15) is 4.79 Å². The average Bonchev–Trinajstić information content (AvgIpc) is 3.13. The highest BCUT2D eigenvalue weighted by atomic mass is 32.1. The van der Waals surface area contributed by atoms with Gasteiger partial charge < -0.3 is 4.57 Å². The number of nitrogens with one attached hydrogen (secondary N) is 1. The Hall–Kier alpha value is -2.47. The third kappa shape index (κ3) is 3.49. The van der Waals surface area contributed by atoms with Gasteiger partial charge in [-0.2, -0.15) is 0 Å². The van der Waals surface area contributed by atoms with Crippen LogP contribution in [0.5, 0.6) is 0 Å². The standard InChI is InChI=1S/C19H22N4OS/c1-12-11-15(13(2)23(12)14-9-7-6-8-10-14)16(24)20-18-22-21-17(25-18)19(3,4)5/h6-11H,1-5H3,(H,20,22,24). The van der Waals surface area contributed by atoms with Crippen LogP contribution in [0.4, 0.5) is 5.13 Å². The molecule has 25 heavy (non-hydrogen) atoms. The molecule has 5 nitrogen and oxygen atoms in total. The van der Waals surface area contributed by atoms with Crippen LogP contribution in [0.15, 0.2) is 36.4 Å². The molecule has 0 fully saturated rings. The summed E-state index contributed by atoms with van der Waals surface area (Å²) in [4.78, 5) is 12.7. The maximum Gasteiger partial charge on any atom is 0.259 e. The maximum absolute atomic E-state index is 12.7. The van der Waals surface area contributed by atoms with Crippen molar-refractivity contribution in [3.8, 4) is 5.69 Å². The number of rotatable bonds is 3. The Morgan fingerprint density at radius 1 is 1.12 bits per heavy atom. The highest BCUT2D eigenvalue weighted by molar-refractivity contribution is 7.15. The number of amides is 1. The fourth-order valence-electron chi connectivity index (χ4n) is 2.71. The number of hydrogen-bond donors (Lipinski definition) is 1. The molecule has 3 rings (SSSR count). The molecule has 0 aliphatic carbocycles. The summed E-state index contributed by atoms with van der Waals surface area (Å²) in [5.41, 5.74) is 3.53. The van der Waals surface area contributed by atoms with E-state index >= 15 is 0 Å². The number of benzene rings is 1. The summed E-state index contributed by atoms with van der Waals surface area (Å²) in [5, 5.41) is 12.6. The van der Waals surface area contributed by atoms with Crippen LogP contribution in [0.25, 0.3) is 5.69 Å². The highest BCUT2D eigenvalue weighted by Crippen LogP contribution is 2.28. The second-order valence-corrected chi connectivity index (χ2v) is 8.05. The third-order valence-electron chi connectivity index (χ3n) is 3.98.